The first kappa shape index (κ1) is 14.0. The molecule has 3 nitrogen and oxygen atoms in total. The van der Waals surface area contributed by atoms with Gasteiger partial charge < -0.3 is 10.5 Å². The summed E-state index contributed by atoms with van der Waals surface area (Å²) in [5.41, 5.74) is 6.40. The molecule has 1 fully saturated rings. The number of benzene rings is 1. The highest BCUT2D eigenvalue weighted by Gasteiger charge is 2.29. The predicted molar refractivity (Wildman–Crippen MR) is 71.8 cm³/mol. The zero-order valence-corrected chi connectivity index (χ0v) is 11.2. The van der Waals surface area contributed by atoms with Crippen LogP contribution in [0, 0.1) is 11.7 Å². The molecule has 2 rings (SSSR count). The molecule has 1 aliphatic rings. The number of ether oxygens (including phenoxy) is 1. The SMILES string of the molecule is COc1ccc(F)cc1C(=O)C1CCCCCC1N. The summed E-state index contributed by atoms with van der Waals surface area (Å²) in [5, 5.41) is 0. The van der Waals surface area contributed by atoms with E-state index in [0.29, 0.717) is 11.3 Å². The molecule has 0 radical (unpaired) electrons. The molecule has 0 bridgehead atoms. The van der Waals surface area contributed by atoms with Gasteiger partial charge in [0.05, 0.1) is 12.7 Å². The van der Waals surface area contributed by atoms with Gasteiger partial charge in [-0.1, -0.05) is 19.3 Å². The fourth-order valence-electron chi connectivity index (χ4n) is 2.73. The van der Waals surface area contributed by atoms with E-state index in [1.165, 1.54) is 25.3 Å². The maximum Gasteiger partial charge on any atom is 0.171 e. The van der Waals surface area contributed by atoms with Gasteiger partial charge in [-0.3, -0.25) is 4.79 Å². The van der Waals surface area contributed by atoms with Crippen LogP contribution in [0.15, 0.2) is 18.2 Å². The van der Waals surface area contributed by atoms with E-state index in [9.17, 15) is 9.18 Å². The van der Waals surface area contributed by atoms with Crippen LogP contribution in [0.1, 0.15) is 42.5 Å². The van der Waals surface area contributed by atoms with E-state index < -0.39 is 5.82 Å². The Labute approximate surface area is 112 Å². The first-order chi connectivity index (χ1) is 9.13. The van der Waals surface area contributed by atoms with Crippen molar-refractivity contribution in [3.8, 4) is 5.75 Å². The van der Waals surface area contributed by atoms with E-state index in [0.717, 1.165) is 32.1 Å². The Balaban J connectivity index is 2.29. The van der Waals surface area contributed by atoms with Gasteiger partial charge in [0.1, 0.15) is 11.6 Å². The normalized spacial score (nSPS) is 23.7. The Morgan fingerprint density at radius 1 is 1.32 bits per heavy atom. The highest BCUT2D eigenvalue weighted by molar-refractivity contribution is 6.00. The van der Waals surface area contributed by atoms with Crippen molar-refractivity contribution in [3.05, 3.63) is 29.6 Å². The van der Waals surface area contributed by atoms with Crippen LogP contribution in [0.3, 0.4) is 0 Å². The Bertz CT molecular complexity index is 461. The maximum absolute atomic E-state index is 13.3. The number of hydrogen-bond acceptors (Lipinski definition) is 3. The number of ketones is 1. The fraction of sp³-hybridized carbons (Fsp3) is 0.533. The first-order valence-electron chi connectivity index (χ1n) is 6.77. The summed E-state index contributed by atoms with van der Waals surface area (Å²) in [7, 11) is 1.48. The Morgan fingerprint density at radius 2 is 2.05 bits per heavy atom. The molecule has 2 unspecified atom stereocenters. The van der Waals surface area contributed by atoms with Gasteiger partial charge in [-0.05, 0) is 31.0 Å². The van der Waals surface area contributed by atoms with E-state index in [4.69, 9.17) is 10.5 Å². The van der Waals surface area contributed by atoms with Crippen LogP contribution >= 0.6 is 0 Å². The summed E-state index contributed by atoms with van der Waals surface area (Å²) in [5.74, 6) is -0.321. The zero-order chi connectivity index (χ0) is 13.8. The zero-order valence-electron chi connectivity index (χ0n) is 11.2. The second kappa shape index (κ2) is 6.15. The molecule has 1 aromatic carbocycles. The molecule has 4 heteroatoms. The molecule has 2 N–H and O–H groups in total. The van der Waals surface area contributed by atoms with Crippen LogP contribution in [-0.4, -0.2) is 18.9 Å². The molecule has 1 aromatic rings. The number of Topliss-reactive ketones (excluding diaryl/α,β-unsaturated/α-hetero) is 1. The molecular weight excluding hydrogens is 245 g/mol. The van der Waals surface area contributed by atoms with E-state index >= 15 is 0 Å². The van der Waals surface area contributed by atoms with E-state index in [-0.39, 0.29) is 17.7 Å². The van der Waals surface area contributed by atoms with E-state index in [1.54, 1.807) is 0 Å². The number of rotatable bonds is 3. The van der Waals surface area contributed by atoms with Gasteiger partial charge in [0.15, 0.2) is 5.78 Å². The molecule has 0 spiro atoms. The lowest BCUT2D eigenvalue weighted by atomic mass is 9.87. The Morgan fingerprint density at radius 3 is 2.79 bits per heavy atom. The smallest absolute Gasteiger partial charge is 0.171 e. The van der Waals surface area contributed by atoms with Gasteiger partial charge in [-0.2, -0.15) is 0 Å². The standard InChI is InChI=1S/C15H20FNO2/c1-19-14-8-7-10(16)9-12(14)15(18)11-5-3-2-4-6-13(11)17/h7-9,11,13H,2-6,17H2,1H3. The minimum Gasteiger partial charge on any atom is -0.496 e. The molecule has 1 saturated carbocycles. The minimum atomic E-state index is -0.425. The summed E-state index contributed by atoms with van der Waals surface area (Å²) in [6.07, 6.45) is 4.80. The number of methoxy groups -OCH3 is 1. The highest BCUT2D eigenvalue weighted by atomic mass is 19.1. The molecule has 0 amide bonds. The topological polar surface area (TPSA) is 52.3 Å². The lowest BCUT2D eigenvalue weighted by Crippen LogP contribution is -2.34. The van der Waals surface area contributed by atoms with E-state index in [1.807, 2.05) is 0 Å². The average molecular weight is 265 g/mol. The van der Waals surface area contributed by atoms with Crippen LogP contribution in [0.5, 0.6) is 5.75 Å². The van der Waals surface area contributed by atoms with Crippen molar-refractivity contribution in [1.82, 2.24) is 0 Å². The lowest BCUT2D eigenvalue weighted by Gasteiger charge is -2.21. The third-order valence-electron chi connectivity index (χ3n) is 3.83. The van der Waals surface area contributed by atoms with Gasteiger partial charge in [-0.15, -0.1) is 0 Å². The molecular formula is C15H20FNO2. The summed E-state index contributed by atoms with van der Waals surface area (Å²) in [6.45, 7) is 0. The fourth-order valence-corrected chi connectivity index (χ4v) is 2.73. The molecule has 1 aliphatic carbocycles. The third kappa shape index (κ3) is 3.13. The summed E-state index contributed by atoms with van der Waals surface area (Å²) >= 11 is 0. The minimum absolute atomic E-state index is 0.0919. The van der Waals surface area contributed by atoms with Gasteiger partial charge in [0.25, 0.3) is 0 Å². The highest BCUT2D eigenvalue weighted by Crippen LogP contribution is 2.29. The molecule has 0 aromatic heterocycles. The Hall–Kier alpha value is -1.42. The third-order valence-corrected chi connectivity index (χ3v) is 3.83. The van der Waals surface area contributed by atoms with Crippen LogP contribution < -0.4 is 10.5 Å². The predicted octanol–water partition coefficient (Wildman–Crippen LogP) is 2.92. The van der Waals surface area contributed by atoms with Crippen LogP contribution in [0.2, 0.25) is 0 Å². The number of carbonyl (C=O) groups excluding carboxylic acids is 1. The number of carbonyl (C=O) groups is 1. The molecule has 0 heterocycles. The molecule has 0 aliphatic heterocycles. The average Bonchev–Trinajstić information content (AvgIpc) is 2.62. The van der Waals surface area contributed by atoms with Crippen LogP contribution in [-0.2, 0) is 0 Å². The summed E-state index contributed by atoms with van der Waals surface area (Å²) in [6, 6.07) is 3.90. The number of hydrogen-bond donors (Lipinski definition) is 1. The largest absolute Gasteiger partial charge is 0.496 e. The summed E-state index contributed by atoms with van der Waals surface area (Å²) in [4.78, 5) is 12.6. The quantitative estimate of drug-likeness (QED) is 0.675. The van der Waals surface area contributed by atoms with Crippen molar-refractivity contribution in [2.24, 2.45) is 11.7 Å². The van der Waals surface area contributed by atoms with Crippen molar-refractivity contribution in [3.63, 3.8) is 0 Å². The monoisotopic (exact) mass is 265 g/mol. The van der Waals surface area contributed by atoms with E-state index in [2.05, 4.69) is 0 Å². The van der Waals surface area contributed by atoms with Crippen LogP contribution in [0.4, 0.5) is 4.39 Å². The molecule has 0 saturated heterocycles. The van der Waals surface area contributed by atoms with Crippen molar-refractivity contribution < 1.29 is 13.9 Å². The maximum atomic E-state index is 13.3. The Kier molecular flexibility index (Phi) is 4.53. The van der Waals surface area contributed by atoms with Crippen molar-refractivity contribution in [1.29, 1.82) is 0 Å². The number of nitrogens with two attached hydrogens (primary N) is 1. The molecule has 19 heavy (non-hydrogen) atoms. The first-order valence-corrected chi connectivity index (χ1v) is 6.77. The van der Waals surface area contributed by atoms with Crippen molar-refractivity contribution >= 4 is 5.78 Å². The second-order valence-electron chi connectivity index (χ2n) is 5.12. The van der Waals surface area contributed by atoms with Crippen molar-refractivity contribution in [2.75, 3.05) is 7.11 Å². The van der Waals surface area contributed by atoms with Crippen molar-refractivity contribution in [2.45, 2.75) is 38.1 Å². The van der Waals surface area contributed by atoms with Gasteiger partial charge >= 0.3 is 0 Å². The molecule has 2 atom stereocenters. The van der Waals surface area contributed by atoms with Gasteiger partial charge in [0.2, 0.25) is 0 Å². The number of halogens is 1. The lowest BCUT2D eigenvalue weighted by molar-refractivity contribution is 0.0891. The van der Waals surface area contributed by atoms with Gasteiger partial charge in [0, 0.05) is 12.0 Å². The molecule has 104 valence electrons. The second-order valence-corrected chi connectivity index (χ2v) is 5.12. The summed E-state index contributed by atoms with van der Waals surface area (Å²) < 4.78 is 18.5. The van der Waals surface area contributed by atoms with Crippen LogP contribution in [0.25, 0.3) is 0 Å². The van der Waals surface area contributed by atoms with Gasteiger partial charge in [-0.25, -0.2) is 4.39 Å².